The minimum absolute atomic E-state index is 0.322. The van der Waals surface area contributed by atoms with Gasteiger partial charge in [0.05, 0.1) is 0 Å². The van der Waals surface area contributed by atoms with E-state index in [0.29, 0.717) is 0 Å². The highest BCUT2D eigenvalue weighted by Gasteiger charge is 2.39. The predicted octanol–water partition coefficient (Wildman–Crippen LogP) is 5.58. The fourth-order valence-corrected chi connectivity index (χ4v) is 3.68. The molecule has 4 atom stereocenters. The quantitative estimate of drug-likeness (QED) is 0.254. The van der Waals surface area contributed by atoms with E-state index in [2.05, 4.69) is 59.0 Å². The smallest absolute Gasteiger partial charge is 0.164 e. The summed E-state index contributed by atoms with van der Waals surface area (Å²) in [6, 6.07) is 0. The van der Waals surface area contributed by atoms with E-state index in [4.69, 9.17) is 9.47 Å². The predicted molar refractivity (Wildman–Crippen MR) is 128 cm³/mol. The minimum atomic E-state index is -0.720. The van der Waals surface area contributed by atoms with Crippen LogP contribution in [0.1, 0.15) is 53.4 Å². The molecule has 27 heavy (non-hydrogen) atoms. The SMILES string of the molecule is CCC/C=C/C(O)/C(I)=C/[C@H]1OC(C)(C)O[C@@H]1/C=C(\I)C(O)/C=C/CCC. The highest BCUT2D eigenvalue weighted by Crippen LogP contribution is 2.33. The van der Waals surface area contributed by atoms with Crippen molar-refractivity contribution in [3.05, 3.63) is 43.6 Å². The van der Waals surface area contributed by atoms with Gasteiger partial charge < -0.3 is 19.7 Å². The Kier molecular flexibility index (Phi) is 11.9. The van der Waals surface area contributed by atoms with Crippen LogP contribution in [0.2, 0.25) is 0 Å². The van der Waals surface area contributed by atoms with Crippen LogP contribution in [0, 0.1) is 0 Å². The molecule has 0 aromatic heterocycles. The first-order valence-electron chi connectivity index (χ1n) is 9.49. The summed E-state index contributed by atoms with van der Waals surface area (Å²) in [4.78, 5) is 0. The van der Waals surface area contributed by atoms with Crippen molar-refractivity contribution in [2.45, 2.75) is 83.6 Å². The summed E-state index contributed by atoms with van der Waals surface area (Å²) >= 11 is 4.28. The van der Waals surface area contributed by atoms with Gasteiger partial charge in [-0.1, -0.05) is 51.0 Å². The molecule has 0 spiro atoms. The molecular weight excluding hydrogens is 570 g/mol. The molecule has 1 fully saturated rings. The summed E-state index contributed by atoms with van der Waals surface area (Å²) in [7, 11) is 0. The zero-order valence-corrected chi connectivity index (χ0v) is 20.9. The van der Waals surface area contributed by atoms with Crippen LogP contribution in [0.4, 0.5) is 0 Å². The molecule has 0 saturated carbocycles. The van der Waals surface area contributed by atoms with Crippen LogP contribution in [0.5, 0.6) is 0 Å². The van der Waals surface area contributed by atoms with Gasteiger partial charge in [-0.15, -0.1) is 0 Å². The summed E-state index contributed by atoms with van der Waals surface area (Å²) in [5.41, 5.74) is 0. The molecule has 1 heterocycles. The first-order chi connectivity index (χ1) is 12.7. The molecule has 6 heteroatoms. The van der Waals surface area contributed by atoms with Gasteiger partial charge in [-0.25, -0.2) is 0 Å². The van der Waals surface area contributed by atoms with Crippen LogP contribution < -0.4 is 0 Å². The van der Waals surface area contributed by atoms with Crippen molar-refractivity contribution in [2.24, 2.45) is 0 Å². The normalized spacial score (nSPS) is 26.2. The molecule has 0 aliphatic carbocycles. The largest absolute Gasteiger partial charge is 0.384 e. The molecule has 0 aromatic rings. The van der Waals surface area contributed by atoms with Gasteiger partial charge in [-0.05, 0) is 84.0 Å². The van der Waals surface area contributed by atoms with Crippen LogP contribution in [0.3, 0.4) is 0 Å². The van der Waals surface area contributed by atoms with E-state index in [0.717, 1.165) is 32.8 Å². The third-order valence-corrected chi connectivity index (χ3v) is 5.92. The van der Waals surface area contributed by atoms with Gasteiger partial charge in [0.25, 0.3) is 0 Å². The second-order valence-electron chi connectivity index (χ2n) is 6.99. The standard InChI is InChI=1S/C21H32I2O4/c1-5-7-9-11-17(24)15(22)13-19-20(27-21(3,4)26-19)14-16(23)18(25)12-10-8-6-2/h9-14,17-20,24-25H,5-8H2,1-4H3/b11-9+,12-10+,15-13-,16-14-/t17?,18?,19-,20-/m1/s1. The molecule has 1 aliphatic heterocycles. The topological polar surface area (TPSA) is 58.9 Å². The molecule has 2 unspecified atom stereocenters. The van der Waals surface area contributed by atoms with Crippen LogP contribution in [-0.2, 0) is 9.47 Å². The van der Waals surface area contributed by atoms with Crippen molar-refractivity contribution in [3.63, 3.8) is 0 Å². The Balaban J connectivity index is 2.90. The second kappa shape index (κ2) is 12.7. The fraction of sp³-hybridized carbons (Fsp3) is 0.619. The van der Waals surface area contributed by atoms with E-state index in [1.165, 1.54) is 0 Å². The van der Waals surface area contributed by atoms with Crippen molar-refractivity contribution in [2.75, 3.05) is 0 Å². The lowest BCUT2D eigenvalue weighted by molar-refractivity contribution is -0.139. The molecule has 0 radical (unpaired) electrons. The minimum Gasteiger partial charge on any atom is -0.384 e. The molecule has 154 valence electrons. The van der Waals surface area contributed by atoms with Crippen molar-refractivity contribution < 1.29 is 19.7 Å². The van der Waals surface area contributed by atoms with E-state index in [1.807, 2.05) is 38.2 Å². The maximum absolute atomic E-state index is 10.3. The molecule has 0 bridgehead atoms. The van der Waals surface area contributed by atoms with Crippen LogP contribution >= 0.6 is 45.2 Å². The number of hydrogen-bond donors (Lipinski definition) is 2. The third-order valence-electron chi connectivity index (χ3n) is 3.92. The summed E-state index contributed by atoms with van der Waals surface area (Å²) < 4.78 is 13.6. The van der Waals surface area contributed by atoms with Crippen molar-refractivity contribution in [3.8, 4) is 0 Å². The summed E-state index contributed by atoms with van der Waals surface area (Å²) in [5, 5.41) is 20.6. The molecular formula is C21H32I2O4. The number of aliphatic hydroxyl groups excluding tert-OH is 2. The lowest BCUT2D eigenvalue weighted by Gasteiger charge is -2.16. The van der Waals surface area contributed by atoms with Crippen LogP contribution in [0.15, 0.2) is 43.6 Å². The highest BCUT2D eigenvalue weighted by molar-refractivity contribution is 14.1. The van der Waals surface area contributed by atoms with Crippen molar-refractivity contribution in [1.82, 2.24) is 0 Å². The Morgan fingerprint density at radius 1 is 0.889 bits per heavy atom. The molecule has 4 nitrogen and oxygen atoms in total. The fourth-order valence-electron chi connectivity index (χ4n) is 2.55. The molecule has 1 saturated heterocycles. The van der Waals surface area contributed by atoms with Gasteiger partial charge in [0.15, 0.2) is 5.79 Å². The number of hydrogen-bond acceptors (Lipinski definition) is 4. The Bertz CT molecular complexity index is 519. The number of aliphatic hydroxyl groups is 2. The van der Waals surface area contributed by atoms with Crippen LogP contribution in [0.25, 0.3) is 0 Å². The Morgan fingerprint density at radius 3 is 1.59 bits per heavy atom. The van der Waals surface area contributed by atoms with Gasteiger partial charge in [0, 0.05) is 7.16 Å². The average Bonchev–Trinajstić information content (AvgIpc) is 2.88. The molecule has 0 aromatic carbocycles. The zero-order chi connectivity index (χ0) is 20.4. The van der Waals surface area contributed by atoms with E-state index in [9.17, 15) is 10.2 Å². The van der Waals surface area contributed by atoms with E-state index >= 15 is 0 Å². The Labute approximate surface area is 191 Å². The van der Waals surface area contributed by atoms with E-state index in [1.54, 1.807) is 12.2 Å². The van der Waals surface area contributed by atoms with E-state index in [-0.39, 0.29) is 12.2 Å². The zero-order valence-electron chi connectivity index (χ0n) is 16.6. The molecule has 0 amide bonds. The van der Waals surface area contributed by atoms with Crippen LogP contribution in [-0.4, -0.2) is 40.4 Å². The van der Waals surface area contributed by atoms with E-state index < -0.39 is 18.0 Å². The number of rotatable bonds is 10. The number of allylic oxidation sites excluding steroid dienone is 2. The van der Waals surface area contributed by atoms with Gasteiger partial charge in [-0.3, -0.25) is 0 Å². The highest BCUT2D eigenvalue weighted by atomic mass is 127. The summed E-state index contributed by atoms with van der Waals surface area (Å²) in [5.74, 6) is -0.720. The maximum atomic E-state index is 10.3. The maximum Gasteiger partial charge on any atom is 0.164 e. The van der Waals surface area contributed by atoms with Gasteiger partial charge in [-0.2, -0.15) is 0 Å². The third kappa shape index (κ3) is 9.54. The first kappa shape index (κ1) is 25.3. The van der Waals surface area contributed by atoms with Gasteiger partial charge >= 0.3 is 0 Å². The summed E-state index contributed by atoms with van der Waals surface area (Å²) in [6.45, 7) is 7.95. The molecule has 2 N–H and O–H groups in total. The summed E-state index contributed by atoms with van der Waals surface area (Å²) in [6.07, 6.45) is 13.5. The monoisotopic (exact) mass is 602 g/mol. The molecule has 1 rings (SSSR count). The van der Waals surface area contributed by atoms with Crippen molar-refractivity contribution in [1.29, 1.82) is 0 Å². The number of ether oxygens (including phenoxy) is 2. The van der Waals surface area contributed by atoms with Crippen molar-refractivity contribution >= 4 is 45.2 Å². The number of halogens is 2. The lowest BCUT2D eigenvalue weighted by atomic mass is 10.1. The number of unbranched alkanes of at least 4 members (excludes halogenated alkanes) is 2. The van der Waals surface area contributed by atoms with Gasteiger partial charge in [0.2, 0.25) is 0 Å². The lowest BCUT2D eigenvalue weighted by Crippen LogP contribution is -2.21. The Hall–Kier alpha value is 0.260. The molecule has 1 aliphatic rings. The average molecular weight is 602 g/mol. The Morgan fingerprint density at radius 2 is 1.26 bits per heavy atom. The second-order valence-corrected chi connectivity index (χ2v) is 9.48. The first-order valence-corrected chi connectivity index (χ1v) is 11.7. The van der Waals surface area contributed by atoms with Gasteiger partial charge in [0.1, 0.15) is 24.4 Å².